The van der Waals surface area contributed by atoms with Crippen LogP contribution in [0.3, 0.4) is 0 Å². The van der Waals surface area contributed by atoms with E-state index < -0.39 is 12.0 Å². The lowest BCUT2D eigenvalue weighted by atomic mass is 10.0. The van der Waals surface area contributed by atoms with Crippen molar-refractivity contribution in [2.24, 2.45) is 0 Å². The molecular weight excluding hydrogens is 218 g/mol. The van der Waals surface area contributed by atoms with E-state index >= 15 is 0 Å². The van der Waals surface area contributed by atoms with Crippen molar-refractivity contribution >= 4 is 5.97 Å². The number of likely N-dealkylation sites (N-methyl/N-ethyl adjacent to an activating group) is 1. The maximum absolute atomic E-state index is 11.2. The van der Waals surface area contributed by atoms with Crippen LogP contribution < -0.4 is 0 Å². The Morgan fingerprint density at radius 1 is 1.24 bits per heavy atom. The lowest BCUT2D eigenvalue weighted by molar-refractivity contribution is -0.887. The van der Waals surface area contributed by atoms with Crippen molar-refractivity contribution in [3.63, 3.8) is 0 Å². The van der Waals surface area contributed by atoms with E-state index in [-0.39, 0.29) is 5.75 Å². The lowest BCUT2D eigenvalue weighted by Gasteiger charge is -2.31. The van der Waals surface area contributed by atoms with E-state index in [1.165, 1.54) is 0 Å². The van der Waals surface area contributed by atoms with Gasteiger partial charge in [-0.05, 0) is 24.1 Å². The minimum absolute atomic E-state index is 0.232. The maximum atomic E-state index is 11.2. The van der Waals surface area contributed by atoms with Crippen LogP contribution in [0, 0.1) is 0 Å². The van der Waals surface area contributed by atoms with E-state index in [2.05, 4.69) is 0 Å². The molecule has 0 aliphatic carbocycles. The number of aromatic hydroxyl groups is 1. The summed E-state index contributed by atoms with van der Waals surface area (Å²) < 4.78 is 0.410. The summed E-state index contributed by atoms with van der Waals surface area (Å²) in [5, 5.41) is 18.3. The molecule has 0 spiro atoms. The largest absolute Gasteiger partial charge is 0.508 e. The van der Waals surface area contributed by atoms with E-state index in [0.717, 1.165) is 5.56 Å². The Balaban J connectivity index is 2.65. The number of phenolic OH excluding ortho intramolecular Hbond substituents is 1. The highest BCUT2D eigenvalue weighted by molar-refractivity contribution is 5.72. The number of aliphatic carboxylic acids is 1. The van der Waals surface area contributed by atoms with Gasteiger partial charge in [-0.1, -0.05) is 12.1 Å². The zero-order valence-corrected chi connectivity index (χ0v) is 10.6. The van der Waals surface area contributed by atoms with Crippen LogP contribution in [0.15, 0.2) is 24.3 Å². The monoisotopic (exact) mass is 238 g/mol. The highest BCUT2D eigenvalue weighted by atomic mass is 16.4. The molecule has 94 valence electrons. The second kappa shape index (κ2) is 5.19. The second-order valence-electron chi connectivity index (χ2n) is 5.18. The van der Waals surface area contributed by atoms with Gasteiger partial charge in [-0.2, -0.15) is 0 Å². The van der Waals surface area contributed by atoms with Crippen molar-refractivity contribution in [3.05, 3.63) is 29.8 Å². The van der Waals surface area contributed by atoms with E-state index in [1.807, 2.05) is 33.3 Å². The molecule has 1 atom stereocenters. The molecule has 1 aromatic rings. The Morgan fingerprint density at radius 2 is 1.76 bits per heavy atom. The number of carbonyl (C=O) groups is 1. The fourth-order valence-corrected chi connectivity index (χ4v) is 1.81. The molecule has 0 amide bonds. The molecule has 0 radical (unpaired) electrons. The molecule has 1 unspecified atom stereocenters. The maximum Gasteiger partial charge on any atom is 0.362 e. The molecule has 0 aliphatic heterocycles. The molecule has 2 N–H and O–H groups in total. The highest BCUT2D eigenvalue weighted by Gasteiger charge is 2.30. The van der Waals surface area contributed by atoms with Gasteiger partial charge in [0.15, 0.2) is 6.04 Å². The van der Waals surface area contributed by atoms with Gasteiger partial charge in [0.2, 0.25) is 0 Å². The number of hydrogen-bond acceptors (Lipinski definition) is 2. The summed E-state index contributed by atoms with van der Waals surface area (Å²) in [6.45, 7) is 0. The van der Waals surface area contributed by atoms with Crippen molar-refractivity contribution in [1.82, 2.24) is 0 Å². The van der Waals surface area contributed by atoms with E-state index in [4.69, 9.17) is 5.11 Å². The summed E-state index contributed by atoms with van der Waals surface area (Å²) in [7, 11) is 5.65. The van der Waals surface area contributed by atoms with Crippen LogP contribution in [-0.4, -0.2) is 47.9 Å². The Hall–Kier alpha value is -1.55. The fourth-order valence-electron chi connectivity index (χ4n) is 1.81. The molecule has 4 nitrogen and oxygen atoms in total. The molecule has 4 heteroatoms. The molecule has 1 aromatic carbocycles. The first-order valence-electron chi connectivity index (χ1n) is 5.62. The van der Waals surface area contributed by atoms with Crippen molar-refractivity contribution in [3.8, 4) is 5.75 Å². The van der Waals surface area contributed by atoms with Gasteiger partial charge in [-0.15, -0.1) is 0 Å². The van der Waals surface area contributed by atoms with Crippen LogP contribution in [0.25, 0.3) is 0 Å². The molecule has 0 bridgehead atoms. The molecule has 1 rings (SSSR count). The summed E-state index contributed by atoms with van der Waals surface area (Å²) in [6, 6.07) is 6.48. The number of rotatable bonds is 5. The van der Waals surface area contributed by atoms with Gasteiger partial charge in [-0.3, -0.25) is 0 Å². The van der Waals surface area contributed by atoms with Gasteiger partial charge in [-0.25, -0.2) is 4.79 Å². The van der Waals surface area contributed by atoms with Crippen molar-refractivity contribution < 1.29 is 19.5 Å². The molecule has 0 saturated heterocycles. The number of aryl methyl sites for hydroxylation is 1. The minimum atomic E-state index is -0.767. The smallest absolute Gasteiger partial charge is 0.362 e. The first-order chi connectivity index (χ1) is 7.80. The van der Waals surface area contributed by atoms with Crippen LogP contribution >= 0.6 is 0 Å². The molecule has 0 aromatic heterocycles. The molecule has 0 aliphatic rings. The molecule has 0 heterocycles. The van der Waals surface area contributed by atoms with Crippen LogP contribution in [-0.2, 0) is 11.2 Å². The van der Waals surface area contributed by atoms with E-state index in [1.54, 1.807) is 12.1 Å². The molecular formula is C13H20NO3+. The number of hydrogen-bond donors (Lipinski definition) is 2. The molecule has 0 fully saturated rings. The zero-order valence-electron chi connectivity index (χ0n) is 10.6. The number of carboxylic acid groups (broad SMARTS) is 1. The van der Waals surface area contributed by atoms with Gasteiger partial charge < -0.3 is 14.7 Å². The van der Waals surface area contributed by atoms with Crippen molar-refractivity contribution in [2.45, 2.75) is 18.9 Å². The van der Waals surface area contributed by atoms with Gasteiger partial charge in [0, 0.05) is 6.42 Å². The summed E-state index contributed by atoms with van der Waals surface area (Å²) in [4.78, 5) is 11.2. The molecule has 17 heavy (non-hydrogen) atoms. The summed E-state index contributed by atoms with van der Waals surface area (Å²) in [5.74, 6) is -0.536. The predicted octanol–water partition coefficient (Wildman–Crippen LogP) is 1.48. The van der Waals surface area contributed by atoms with Crippen LogP contribution in [0.5, 0.6) is 5.75 Å². The van der Waals surface area contributed by atoms with Gasteiger partial charge in [0.05, 0.1) is 21.1 Å². The Labute approximate surface area is 102 Å². The normalized spacial score (nSPS) is 13.4. The number of carboxylic acids is 1. The van der Waals surface area contributed by atoms with E-state index in [9.17, 15) is 9.90 Å². The highest BCUT2D eigenvalue weighted by Crippen LogP contribution is 2.15. The van der Waals surface area contributed by atoms with Gasteiger partial charge in [0.1, 0.15) is 5.75 Å². The quantitative estimate of drug-likeness (QED) is 0.764. The first kappa shape index (κ1) is 13.5. The number of quaternary nitrogens is 1. The van der Waals surface area contributed by atoms with Crippen LogP contribution in [0.4, 0.5) is 0 Å². The Kier molecular flexibility index (Phi) is 4.12. The third-order valence-electron chi connectivity index (χ3n) is 2.86. The van der Waals surface area contributed by atoms with Crippen LogP contribution in [0.2, 0.25) is 0 Å². The lowest BCUT2D eigenvalue weighted by Crippen LogP contribution is -2.50. The standard InChI is InChI=1S/C13H19NO3/c1-14(2,3)12(13(16)17)9-6-10-4-7-11(15)8-5-10/h4-5,7-8,12H,6,9H2,1-3H3,(H-,15,16,17)/p+1. The number of nitrogens with zero attached hydrogens (tertiary/aromatic N) is 1. The predicted molar refractivity (Wildman–Crippen MR) is 65.9 cm³/mol. The SMILES string of the molecule is C[N+](C)(C)C(CCc1ccc(O)cc1)C(=O)O. The zero-order chi connectivity index (χ0) is 13.1. The van der Waals surface area contributed by atoms with Gasteiger partial charge in [0.25, 0.3) is 0 Å². The average molecular weight is 238 g/mol. The van der Waals surface area contributed by atoms with Crippen molar-refractivity contribution in [1.29, 1.82) is 0 Å². The fraction of sp³-hybridized carbons (Fsp3) is 0.462. The Morgan fingerprint density at radius 3 is 2.18 bits per heavy atom. The summed E-state index contributed by atoms with van der Waals surface area (Å²) in [5.41, 5.74) is 1.04. The summed E-state index contributed by atoms with van der Waals surface area (Å²) in [6.07, 6.45) is 1.29. The topological polar surface area (TPSA) is 57.5 Å². The molecule has 0 saturated carbocycles. The first-order valence-corrected chi connectivity index (χ1v) is 5.62. The average Bonchev–Trinajstić information content (AvgIpc) is 2.18. The summed E-state index contributed by atoms with van der Waals surface area (Å²) >= 11 is 0. The second-order valence-corrected chi connectivity index (χ2v) is 5.18. The van der Waals surface area contributed by atoms with Gasteiger partial charge >= 0.3 is 5.97 Å². The van der Waals surface area contributed by atoms with E-state index in [0.29, 0.717) is 17.3 Å². The number of phenols is 1. The minimum Gasteiger partial charge on any atom is -0.508 e. The van der Waals surface area contributed by atoms with Crippen LogP contribution in [0.1, 0.15) is 12.0 Å². The third kappa shape index (κ3) is 4.07. The van der Waals surface area contributed by atoms with Crippen molar-refractivity contribution in [2.75, 3.05) is 21.1 Å². The number of benzene rings is 1. The Bertz CT molecular complexity index is 379. The third-order valence-corrected chi connectivity index (χ3v) is 2.86.